The van der Waals surface area contributed by atoms with Gasteiger partial charge in [0, 0.05) is 5.92 Å². The molecule has 0 aromatic carbocycles. The lowest BCUT2D eigenvalue weighted by Crippen LogP contribution is -2.29. The van der Waals surface area contributed by atoms with Crippen LogP contribution in [0, 0.1) is 22.7 Å². The zero-order valence-electron chi connectivity index (χ0n) is 9.20. The van der Waals surface area contributed by atoms with Crippen molar-refractivity contribution >= 4 is 5.78 Å². The smallest absolute Gasteiger partial charge is 0.190 e. The molecule has 3 nitrogen and oxygen atoms in total. The van der Waals surface area contributed by atoms with Crippen LogP contribution in [-0.4, -0.2) is 5.78 Å². The van der Waals surface area contributed by atoms with Gasteiger partial charge in [0.25, 0.3) is 0 Å². The SMILES string of the molecule is CC1=C(C)C2CC23C(=O)C(C#N)=COC3=C1. The van der Waals surface area contributed by atoms with Crippen LogP contribution >= 0.6 is 0 Å². The maximum absolute atomic E-state index is 12.2. The highest BCUT2D eigenvalue weighted by Gasteiger charge is 2.67. The molecule has 1 aliphatic heterocycles. The lowest BCUT2D eigenvalue weighted by molar-refractivity contribution is -0.121. The molecule has 3 heteroatoms. The Labute approximate surface area is 93.7 Å². The van der Waals surface area contributed by atoms with Gasteiger partial charge in [-0.15, -0.1) is 0 Å². The highest BCUT2D eigenvalue weighted by molar-refractivity contribution is 6.08. The molecule has 2 unspecified atom stereocenters. The van der Waals surface area contributed by atoms with Crippen LogP contribution in [0.15, 0.2) is 34.8 Å². The fourth-order valence-corrected chi connectivity index (χ4v) is 2.77. The van der Waals surface area contributed by atoms with Crippen molar-refractivity contribution in [3.8, 4) is 6.07 Å². The number of ether oxygens (including phenoxy) is 1. The van der Waals surface area contributed by atoms with Crippen molar-refractivity contribution in [2.75, 3.05) is 0 Å². The van der Waals surface area contributed by atoms with Gasteiger partial charge in [-0.3, -0.25) is 4.79 Å². The Morgan fingerprint density at radius 1 is 1.56 bits per heavy atom. The molecular formula is C13H11NO2. The van der Waals surface area contributed by atoms with Gasteiger partial charge < -0.3 is 4.74 Å². The Balaban J connectivity index is 2.15. The molecule has 0 amide bonds. The maximum Gasteiger partial charge on any atom is 0.190 e. The minimum atomic E-state index is -0.524. The van der Waals surface area contributed by atoms with E-state index in [-0.39, 0.29) is 17.3 Å². The summed E-state index contributed by atoms with van der Waals surface area (Å²) in [5.41, 5.74) is 2.05. The van der Waals surface area contributed by atoms with E-state index in [1.807, 2.05) is 19.1 Å². The van der Waals surface area contributed by atoms with Crippen molar-refractivity contribution in [3.63, 3.8) is 0 Å². The summed E-state index contributed by atoms with van der Waals surface area (Å²) in [6.07, 6.45) is 4.00. The first kappa shape index (κ1) is 9.41. The van der Waals surface area contributed by atoms with E-state index in [4.69, 9.17) is 10.00 Å². The number of rotatable bonds is 0. The summed E-state index contributed by atoms with van der Waals surface area (Å²) in [4.78, 5) is 12.2. The highest BCUT2D eigenvalue weighted by Crippen LogP contribution is 2.66. The standard InChI is InChI=1S/C13H11NO2/c1-7-3-11-13(4-10(13)8(7)2)12(15)9(5-14)6-16-11/h3,6,10H,4H2,1-2H3. The lowest BCUT2D eigenvalue weighted by Gasteiger charge is -2.26. The topological polar surface area (TPSA) is 50.1 Å². The molecule has 0 saturated heterocycles. The summed E-state index contributed by atoms with van der Waals surface area (Å²) >= 11 is 0. The molecule has 0 aromatic heterocycles. The molecule has 2 atom stereocenters. The molecule has 0 radical (unpaired) electrons. The number of hydrogen-bond acceptors (Lipinski definition) is 3. The second-order valence-corrected chi connectivity index (χ2v) is 4.69. The van der Waals surface area contributed by atoms with Crippen LogP contribution in [0.3, 0.4) is 0 Å². The Bertz CT molecular complexity index is 545. The largest absolute Gasteiger partial charge is 0.467 e. The first-order chi connectivity index (χ1) is 7.61. The zero-order chi connectivity index (χ0) is 11.5. The molecule has 0 aromatic rings. The second kappa shape index (κ2) is 2.65. The van der Waals surface area contributed by atoms with Crippen molar-refractivity contribution in [2.24, 2.45) is 11.3 Å². The van der Waals surface area contributed by atoms with Crippen molar-refractivity contribution < 1.29 is 9.53 Å². The van der Waals surface area contributed by atoms with Gasteiger partial charge in [0.05, 0.1) is 5.41 Å². The van der Waals surface area contributed by atoms with Gasteiger partial charge in [-0.05, 0) is 31.9 Å². The van der Waals surface area contributed by atoms with Gasteiger partial charge in [-0.2, -0.15) is 5.26 Å². The van der Waals surface area contributed by atoms with Gasteiger partial charge in [-0.25, -0.2) is 0 Å². The summed E-state index contributed by atoms with van der Waals surface area (Å²) < 4.78 is 5.44. The second-order valence-electron chi connectivity index (χ2n) is 4.69. The molecule has 3 aliphatic rings. The van der Waals surface area contributed by atoms with Crippen LogP contribution in [-0.2, 0) is 9.53 Å². The van der Waals surface area contributed by atoms with E-state index in [1.165, 1.54) is 17.4 Å². The van der Waals surface area contributed by atoms with E-state index in [9.17, 15) is 4.79 Å². The van der Waals surface area contributed by atoms with Gasteiger partial charge in [-0.1, -0.05) is 5.57 Å². The summed E-state index contributed by atoms with van der Waals surface area (Å²) in [6.45, 7) is 4.08. The van der Waals surface area contributed by atoms with E-state index < -0.39 is 5.41 Å². The molecular weight excluding hydrogens is 202 g/mol. The van der Waals surface area contributed by atoms with Gasteiger partial charge in [0.15, 0.2) is 5.78 Å². The molecule has 16 heavy (non-hydrogen) atoms. The monoisotopic (exact) mass is 213 g/mol. The summed E-state index contributed by atoms with van der Waals surface area (Å²) in [6, 6.07) is 1.91. The molecule has 1 heterocycles. The predicted molar refractivity (Wildman–Crippen MR) is 56.8 cm³/mol. The van der Waals surface area contributed by atoms with Crippen molar-refractivity contribution in [1.29, 1.82) is 5.26 Å². The van der Waals surface area contributed by atoms with Crippen molar-refractivity contribution in [1.82, 2.24) is 0 Å². The van der Waals surface area contributed by atoms with Crippen LogP contribution < -0.4 is 0 Å². The van der Waals surface area contributed by atoms with Crippen LogP contribution in [0.5, 0.6) is 0 Å². The van der Waals surface area contributed by atoms with Crippen molar-refractivity contribution in [2.45, 2.75) is 20.3 Å². The Morgan fingerprint density at radius 2 is 2.31 bits per heavy atom. The molecule has 1 saturated carbocycles. The molecule has 1 fully saturated rings. The number of nitrogens with zero attached hydrogens (tertiary/aromatic N) is 1. The Morgan fingerprint density at radius 3 is 3.00 bits per heavy atom. The first-order valence-electron chi connectivity index (χ1n) is 5.32. The van der Waals surface area contributed by atoms with E-state index >= 15 is 0 Å². The third kappa shape index (κ3) is 0.856. The third-order valence-electron chi connectivity index (χ3n) is 3.97. The van der Waals surface area contributed by atoms with E-state index in [2.05, 4.69) is 6.92 Å². The quantitative estimate of drug-likeness (QED) is 0.620. The molecule has 80 valence electrons. The highest BCUT2D eigenvalue weighted by atomic mass is 16.5. The fraction of sp³-hybridized carbons (Fsp3) is 0.385. The molecule has 2 aliphatic carbocycles. The van der Waals surface area contributed by atoms with Gasteiger partial charge >= 0.3 is 0 Å². The molecule has 3 rings (SSSR count). The van der Waals surface area contributed by atoms with E-state index in [0.717, 1.165) is 12.2 Å². The van der Waals surface area contributed by atoms with E-state index in [0.29, 0.717) is 0 Å². The minimum absolute atomic E-state index is 0.0654. The average Bonchev–Trinajstić information content (AvgIpc) is 3.01. The maximum atomic E-state index is 12.2. The number of carbonyl (C=O) groups excluding carboxylic acids is 1. The van der Waals surface area contributed by atoms with E-state index in [1.54, 1.807) is 0 Å². The molecule has 0 bridgehead atoms. The number of Topliss-reactive ketones (excluding diaryl/α,β-unsaturated/α-hetero) is 1. The summed E-state index contributed by atoms with van der Waals surface area (Å²) in [5, 5.41) is 8.85. The lowest BCUT2D eigenvalue weighted by atomic mass is 9.82. The van der Waals surface area contributed by atoms with Crippen LogP contribution in [0.25, 0.3) is 0 Å². The Hall–Kier alpha value is -1.82. The summed E-state index contributed by atoms with van der Waals surface area (Å²) in [7, 11) is 0. The number of carbonyl (C=O) groups is 1. The zero-order valence-corrected chi connectivity index (χ0v) is 9.20. The van der Waals surface area contributed by atoms with Gasteiger partial charge in [0.1, 0.15) is 23.7 Å². The first-order valence-corrected chi connectivity index (χ1v) is 5.32. The predicted octanol–water partition coefficient (Wildman–Crippen LogP) is 2.23. The van der Waals surface area contributed by atoms with Crippen LogP contribution in [0.1, 0.15) is 20.3 Å². The molecule has 1 spiro atoms. The third-order valence-corrected chi connectivity index (χ3v) is 3.97. The fourth-order valence-electron chi connectivity index (χ4n) is 2.77. The normalized spacial score (nSPS) is 35.3. The summed E-state index contributed by atoms with van der Waals surface area (Å²) in [5.74, 6) is 0.908. The minimum Gasteiger partial charge on any atom is -0.467 e. The number of hydrogen-bond donors (Lipinski definition) is 0. The number of nitriles is 1. The van der Waals surface area contributed by atoms with Crippen molar-refractivity contribution in [3.05, 3.63) is 34.8 Å². The Kier molecular flexibility index (Phi) is 1.56. The van der Waals surface area contributed by atoms with Gasteiger partial charge in [0.2, 0.25) is 0 Å². The molecule has 0 N–H and O–H groups in total. The van der Waals surface area contributed by atoms with Crippen LogP contribution in [0.2, 0.25) is 0 Å². The van der Waals surface area contributed by atoms with Crippen LogP contribution in [0.4, 0.5) is 0 Å². The number of allylic oxidation sites excluding steroid dienone is 5. The average molecular weight is 213 g/mol. The number of ketones is 1.